The van der Waals surface area contributed by atoms with Gasteiger partial charge in [0, 0.05) is 13.6 Å². The predicted molar refractivity (Wildman–Crippen MR) is 54.3 cm³/mol. The van der Waals surface area contributed by atoms with E-state index in [0.717, 1.165) is 0 Å². The highest BCUT2D eigenvalue weighted by Gasteiger charge is 2.14. The van der Waals surface area contributed by atoms with Crippen LogP contribution in [0.2, 0.25) is 0 Å². The Morgan fingerprint density at radius 1 is 1.71 bits per heavy atom. The van der Waals surface area contributed by atoms with E-state index >= 15 is 0 Å². The molecule has 0 aromatic carbocycles. The van der Waals surface area contributed by atoms with Crippen LogP contribution in [0.5, 0.6) is 0 Å². The summed E-state index contributed by atoms with van der Waals surface area (Å²) in [4.78, 5) is 12.2. The van der Waals surface area contributed by atoms with E-state index in [1.807, 2.05) is 0 Å². The van der Waals surface area contributed by atoms with Crippen molar-refractivity contribution in [1.82, 2.24) is 10.2 Å². The smallest absolute Gasteiger partial charge is 0.320 e. The van der Waals surface area contributed by atoms with Gasteiger partial charge in [-0.15, -0.1) is 0 Å². The first-order chi connectivity index (χ1) is 6.49. The number of carboxylic acid groups (broad SMARTS) is 1. The van der Waals surface area contributed by atoms with E-state index in [0.29, 0.717) is 19.4 Å². The summed E-state index contributed by atoms with van der Waals surface area (Å²) in [5, 5.41) is 18.5. The Kier molecular flexibility index (Phi) is 5.62. The molecule has 0 aliphatic carbocycles. The third-order valence-electron chi connectivity index (χ3n) is 2.04. The molecule has 6 nitrogen and oxygen atoms in total. The Morgan fingerprint density at radius 2 is 2.29 bits per heavy atom. The van der Waals surface area contributed by atoms with E-state index < -0.39 is 12.0 Å². The van der Waals surface area contributed by atoms with Crippen LogP contribution in [0.1, 0.15) is 12.8 Å². The first-order valence-electron chi connectivity index (χ1n) is 4.44. The molecule has 0 heterocycles. The summed E-state index contributed by atoms with van der Waals surface area (Å²) in [5.74, 6) is -0.848. The number of aliphatic carboxylic acids is 1. The van der Waals surface area contributed by atoms with Gasteiger partial charge in [0.15, 0.2) is 5.96 Å². The summed E-state index contributed by atoms with van der Waals surface area (Å²) >= 11 is 0. The highest BCUT2D eigenvalue weighted by Crippen LogP contribution is 1.98. The Morgan fingerprint density at radius 3 is 2.64 bits per heavy atom. The van der Waals surface area contributed by atoms with Crippen LogP contribution in [0, 0.1) is 5.41 Å². The molecule has 0 saturated carbocycles. The number of nitrogens with zero attached hydrogens (tertiary/aromatic N) is 1. The van der Waals surface area contributed by atoms with Crippen molar-refractivity contribution in [3.63, 3.8) is 0 Å². The molecule has 0 unspecified atom stereocenters. The van der Waals surface area contributed by atoms with Crippen LogP contribution in [0.25, 0.3) is 0 Å². The molecular weight excluding hydrogens is 184 g/mol. The summed E-state index contributed by atoms with van der Waals surface area (Å²) < 4.78 is 0. The lowest BCUT2D eigenvalue weighted by atomic mass is 10.1. The Balaban J connectivity index is 3.71. The first kappa shape index (κ1) is 12.7. The third kappa shape index (κ3) is 4.66. The molecule has 14 heavy (non-hydrogen) atoms. The number of carboxylic acids is 1. The average molecular weight is 202 g/mol. The number of rotatable bonds is 6. The van der Waals surface area contributed by atoms with Gasteiger partial charge in [0.25, 0.3) is 0 Å². The molecule has 0 aromatic heterocycles. The standard InChI is InChI=1S/C8H18N4O2/c1-11-6(7(13)14)4-3-5-12(2)8(9)10/h6,11H,3-5H2,1-2H3,(H3,9,10)(H,13,14)/t6-/m1/s1. The number of carbonyl (C=O) groups is 1. The fourth-order valence-corrected chi connectivity index (χ4v) is 1.04. The fourth-order valence-electron chi connectivity index (χ4n) is 1.04. The zero-order chi connectivity index (χ0) is 11.1. The summed E-state index contributed by atoms with van der Waals surface area (Å²) in [6.45, 7) is 0.598. The minimum Gasteiger partial charge on any atom is -0.480 e. The maximum Gasteiger partial charge on any atom is 0.320 e. The molecule has 6 heteroatoms. The second kappa shape index (κ2) is 6.20. The average Bonchev–Trinajstić information content (AvgIpc) is 2.11. The van der Waals surface area contributed by atoms with Crippen molar-refractivity contribution >= 4 is 11.9 Å². The molecule has 5 N–H and O–H groups in total. The van der Waals surface area contributed by atoms with Crippen molar-refractivity contribution in [2.24, 2.45) is 5.73 Å². The molecule has 82 valence electrons. The maximum absolute atomic E-state index is 10.6. The van der Waals surface area contributed by atoms with Gasteiger partial charge in [-0.2, -0.15) is 0 Å². The van der Waals surface area contributed by atoms with Crippen molar-refractivity contribution in [3.05, 3.63) is 0 Å². The number of hydrogen-bond acceptors (Lipinski definition) is 3. The van der Waals surface area contributed by atoms with Crippen LogP contribution in [-0.2, 0) is 4.79 Å². The van der Waals surface area contributed by atoms with Gasteiger partial charge >= 0.3 is 5.97 Å². The maximum atomic E-state index is 10.6. The van der Waals surface area contributed by atoms with E-state index in [1.165, 1.54) is 0 Å². The van der Waals surface area contributed by atoms with E-state index in [-0.39, 0.29) is 5.96 Å². The van der Waals surface area contributed by atoms with E-state index in [9.17, 15) is 4.79 Å². The summed E-state index contributed by atoms with van der Waals surface area (Å²) in [5.41, 5.74) is 5.22. The van der Waals surface area contributed by atoms with E-state index in [2.05, 4.69) is 5.32 Å². The first-order valence-corrected chi connectivity index (χ1v) is 4.44. The minimum absolute atomic E-state index is 0.00123. The topological polar surface area (TPSA) is 102 Å². The fraction of sp³-hybridized carbons (Fsp3) is 0.750. The Hall–Kier alpha value is -1.30. The van der Waals surface area contributed by atoms with Crippen LogP contribution < -0.4 is 11.1 Å². The number of likely N-dealkylation sites (N-methyl/N-ethyl adjacent to an activating group) is 1. The van der Waals surface area contributed by atoms with Gasteiger partial charge in [0.05, 0.1) is 0 Å². The lowest BCUT2D eigenvalue weighted by molar-refractivity contribution is -0.139. The molecule has 0 aromatic rings. The van der Waals surface area contributed by atoms with Crippen LogP contribution in [0.3, 0.4) is 0 Å². The van der Waals surface area contributed by atoms with E-state index in [1.54, 1.807) is 19.0 Å². The number of guanidine groups is 1. The molecular formula is C8H18N4O2. The van der Waals surface area contributed by atoms with Crippen molar-refractivity contribution in [2.45, 2.75) is 18.9 Å². The van der Waals surface area contributed by atoms with Gasteiger partial charge in [0.1, 0.15) is 6.04 Å². The van der Waals surface area contributed by atoms with Gasteiger partial charge < -0.3 is 21.1 Å². The lowest BCUT2D eigenvalue weighted by Crippen LogP contribution is -2.37. The molecule has 0 spiro atoms. The summed E-state index contributed by atoms with van der Waals surface area (Å²) in [7, 11) is 3.32. The molecule has 1 atom stereocenters. The Labute approximate surface area is 83.6 Å². The van der Waals surface area contributed by atoms with Crippen molar-refractivity contribution in [1.29, 1.82) is 5.41 Å². The zero-order valence-electron chi connectivity index (χ0n) is 8.58. The predicted octanol–water partition coefficient (Wildman–Crippen LogP) is -0.736. The van der Waals surface area contributed by atoms with Crippen molar-refractivity contribution in [2.75, 3.05) is 20.6 Å². The second-order valence-electron chi connectivity index (χ2n) is 3.13. The van der Waals surface area contributed by atoms with Crippen molar-refractivity contribution in [3.8, 4) is 0 Å². The van der Waals surface area contributed by atoms with Gasteiger partial charge in [0.2, 0.25) is 0 Å². The number of hydrogen-bond donors (Lipinski definition) is 4. The van der Waals surface area contributed by atoms with Crippen LogP contribution in [0.4, 0.5) is 0 Å². The number of nitrogens with two attached hydrogens (primary N) is 1. The summed E-state index contributed by atoms with van der Waals surface area (Å²) in [6, 6.07) is -0.518. The normalized spacial score (nSPS) is 12.1. The largest absolute Gasteiger partial charge is 0.480 e. The summed E-state index contributed by atoms with van der Waals surface area (Å²) in [6.07, 6.45) is 1.22. The van der Waals surface area contributed by atoms with Gasteiger partial charge in [-0.25, -0.2) is 0 Å². The van der Waals surface area contributed by atoms with Crippen LogP contribution >= 0.6 is 0 Å². The number of nitrogens with one attached hydrogen (secondary N) is 2. The van der Waals surface area contributed by atoms with Gasteiger partial charge in [-0.05, 0) is 19.9 Å². The molecule has 0 fully saturated rings. The monoisotopic (exact) mass is 202 g/mol. The van der Waals surface area contributed by atoms with Crippen LogP contribution in [0.15, 0.2) is 0 Å². The quantitative estimate of drug-likeness (QED) is 0.336. The molecule has 0 bridgehead atoms. The minimum atomic E-state index is -0.849. The highest BCUT2D eigenvalue weighted by atomic mass is 16.4. The van der Waals surface area contributed by atoms with Crippen LogP contribution in [-0.4, -0.2) is 48.6 Å². The SMILES string of the molecule is CN[C@H](CCCN(C)C(=N)N)C(=O)O. The highest BCUT2D eigenvalue weighted by molar-refractivity contribution is 5.74. The molecule has 0 amide bonds. The third-order valence-corrected chi connectivity index (χ3v) is 2.04. The molecule has 0 rings (SSSR count). The van der Waals surface area contributed by atoms with Gasteiger partial charge in [-0.3, -0.25) is 10.2 Å². The Bertz CT molecular complexity index is 208. The molecule has 0 saturated heterocycles. The van der Waals surface area contributed by atoms with Gasteiger partial charge in [-0.1, -0.05) is 0 Å². The second-order valence-corrected chi connectivity index (χ2v) is 3.13. The molecule has 0 aliphatic heterocycles. The molecule has 0 aliphatic rings. The zero-order valence-corrected chi connectivity index (χ0v) is 8.58. The van der Waals surface area contributed by atoms with Crippen molar-refractivity contribution < 1.29 is 9.90 Å². The van der Waals surface area contributed by atoms with E-state index in [4.69, 9.17) is 16.2 Å². The lowest BCUT2D eigenvalue weighted by Gasteiger charge is -2.17. The molecule has 0 radical (unpaired) electrons.